The van der Waals surface area contributed by atoms with Crippen LogP contribution in [0.25, 0.3) is 0 Å². The Morgan fingerprint density at radius 2 is 1.79 bits per heavy atom. The minimum absolute atomic E-state index is 0.0128. The highest BCUT2D eigenvalue weighted by Gasteiger charge is 2.25. The molecule has 0 aliphatic carbocycles. The van der Waals surface area contributed by atoms with E-state index < -0.39 is 10.1 Å². The molecule has 0 N–H and O–H groups in total. The van der Waals surface area contributed by atoms with Crippen molar-refractivity contribution < 1.29 is 31.3 Å². The highest BCUT2D eigenvalue weighted by atomic mass is 32.2. The molecule has 0 radical (unpaired) electrons. The summed E-state index contributed by atoms with van der Waals surface area (Å²) < 4.78 is 46.4. The number of hydrogen-bond acceptors (Lipinski definition) is 7. The van der Waals surface area contributed by atoms with Crippen molar-refractivity contribution in [3.8, 4) is 11.5 Å². The van der Waals surface area contributed by atoms with Crippen molar-refractivity contribution in [2.75, 3.05) is 20.3 Å². The van der Waals surface area contributed by atoms with E-state index in [9.17, 15) is 13.2 Å². The molecule has 0 spiro atoms. The van der Waals surface area contributed by atoms with Gasteiger partial charge in [0.15, 0.2) is 5.76 Å². The van der Waals surface area contributed by atoms with Gasteiger partial charge in [-0.25, -0.2) is 0 Å². The number of hydrogen-bond donors (Lipinski definition) is 0. The van der Waals surface area contributed by atoms with Gasteiger partial charge in [0.2, 0.25) is 0 Å². The Labute approximate surface area is 192 Å². The molecule has 1 saturated heterocycles. The number of carbonyl (C=O) groups excluding carboxylic acids is 1. The lowest BCUT2D eigenvalue weighted by atomic mass is 10.1. The summed E-state index contributed by atoms with van der Waals surface area (Å²) in [6.07, 6.45) is 3.33. The standard InChI is InChI=1S/C24H25NO7S/c1-29-19-10-12-22(13-11-19)33(27,28)32-20-8-6-18(7-9-20)16-25(17-21-4-2-14-30-21)24(26)23-5-3-15-31-23/h3,5-13,15,21H,2,4,14,16-17H2,1H3. The van der Waals surface area contributed by atoms with Crippen molar-refractivity contribution in [1.82, 2.24) is 4.90 Å². The zero-order chi connectivity index (χ0) is 23.3. The maximum absolute atomic E-state index is 12.9. The van der Waals surface area contributed by atoms with Crippen molar-refractivity contribution in [2.45, 2.75) is 30.4 Å². The number of benzene rings is 2. The van der Waals surface area contributed by atoms with Gasteiger partial charge < -0.3 is 23.0 Å². The van der Waals surface area contributed by atoms with Crippen LogP contribution in [0.1, 0.15) is 29.0 Å². The van der Waals surface area contributed by atoms with E-state index in [1.807, 2.05) is 0 Å². The second-order valence-corrected chi connectivity index (χ2v) is 9.20. The molecule has 1 amide bonds. The summed E-state index contributed by atoms with van der Waals surface area (Å²) in [7, 11) is -2.48. The van der Waals surface area contributed by atoms with Crippen LogP contribution in [-0.2, 0) is 21.4 Å². The van der Waals surface area contributed by atoms with Crippen molar-refractivity contribution in [3.05, 3.63) is 78.3 Å². The Bertz CT molecular complexity index is 1150. The van der Waals surface area contributed by atoms with Gasteiger partial charge in [0, 0.05) is 19.7 Å². The summed E-state index contributed by atoms with van der Waals surface area (Å²) in [6, 6.07) is 15.9. The highest BCUT2D eigenvalue weighted by Crippen LogP contribution is 2.23. The molecule has 0 bridgehead atoms. The molecule has 0 saturated carbocycles. The summed E-state index contributed by atoms with van der Waals surface area (Å²) in [4.78, 5) is 14.6. The Kier molecular flexibility index (Phi) is 7.00. The number of amides is 1. The van der Waals surface area contributed by atoms with Crippen LogP contribution >= 0.6 is 0 Å². The largest absolute Gasteiger partial charge is 0.497 e. The normalized spacial score (nSPS) is 15.8. The molecule has 1 aliphatic rings. The topological polar surface area (TPSA) is 95.3 Å². The van der Waals surface area contributed by atoms with E-state index in [0.29, 0.717) is 25.4 Å². The number of ether oxygens (including phenoxy) is 2. The molecule has 8 nitrogen and oxygen atoms in total. The van der Waals surface area contributed by atoms with Crippen LogP contribution in [0.3, 0.4) is 0 Å². The summed E-state index contributed by atoms with van der Waals surface area (Å²) in [6.45, 7) is 1.47. The van der Waals surface area contributed by atoms with E-state index in [1.165, 1.54) is 25.5 Å². The predicted octanol–water partition coefficient (Wildman–Crippen LogP) is 3.88. The molecular formula is C24H25NO7S. The van der Waals surface area contributed by atoms with Crippen LogP contribution < -0.4 is 8.92 Å². The van der Waals surface area contributed by atoms with Crippen molar-refractivity contribution >= 4 is 16.0 Å². The molecule has 1 aliphatic heterocycles. The predicted molar refractivity (Wildman–Crippen MR) is 120 cm³/mol. The molecule has 1 atom stereocenters. The Morgan fingerprint density at radius 1 is 1.06 bits per heavy atom. The zero-order valence-corrected chi connectivity index (χ0v) is 19.0. The molecule has 9 heteroatoms. The first-order chi connectivity index (χ1) is 15.9. The monoisotopic (exact) mass is 471 g/mol. The molecule has 3 aromatic rings. The summed E-state index contributed by atoms with van der Waals surface area (Å²) in [5.74, 6) is 0.768. The molecule has 1 aromatic heterocycles. The van der Waals surface area contributed by atoms with Gasteiger partial charge in [-0.05, 0) is 66.9 Å². The number of methoxy groups -OCH3 is 1. The van der Waals surface area contributed by atoms with Gasteiger partial charge >= 0.3 is 10.1 Å². The first-order valence-corrected chi connectivity index (χ1v) is 12.0. The first-order valence-electron chi connectivity index (χ1n) is 10.6. The molecule has 2 heterocycles. The minimum Gasteiger partial charge on any atom is -0.497 e. The third-order valence-corrected chi connectivity index (χ3v) is 6.58. The molecule has 2 aromatic carbocycles. The fourth-order valence-corrected chi connectivity index (χ4v) is 4.53. The molecule has 1 unspecified atom stereocenters. The van der Waals surface area contributed by atoms with Gasteiger partial charge in [-0.1, -0.05) is 12.1 Å². The number of rotatable bonds is 9. The van der Waals surface area contributed by atoms with Crippen LogP contribution in [-0.4, -0.2) is 45.6 Å². The van der Waals surface area contributed by atoms with Crippen LogP contribution in [0.2, 0.25) is 0 Å². The quantitative estimate of drug-likeness (QED) is 0.437. The maximum Gasteiger partial charge on any atom is 0.339 e. The van der Waals surface area contributed by atoms with Gasteiger partial charge in [0.05, 0.1) is 19.5 Å². The second-order valence-electron chi connectivity index (χ2n) is 7.65. The van der Waals surface area contributed by atoms with Gasteiger partial charge in [-0.2, -0.15) is 8.42 Å². The zero-order valence-electron chi connectivity index (χ0n) is 18.2. The molecular weight excluding hydrogens is 446 g/mol. The van der Waals surface area contributed by atoms with Crippen LogP contribution in [0, 0.1) is 0 Å². The third-order valence-electron chi connectivity index (χ3n) is 5.32. The lowest BCUT2D eigenvalue weighted by molar-refractivity contribution is 0.0484. The summed E-state index contributed by atoms with van der Waals surface area (Å²) in [5, 5.41) is 0. The van der Waals surface area contributed by atoms with E-state index >= 15 is 0 Å². The maximum atomic E-state index is 12.9. The smallest absolute Gasteiger partial charge is 0.339 e. The lowest BCUT2D eigenvalue weighted by Gasteiger charge is -2.25. The van der Waals surface area contributed by atoms with E-state index in [4.69, 9.17) is 18.1 Å². The average Bonchev–Trinajstić information content (AvgIpc) is 3.54. The number of furan rings is 1. The molecule has 33 heavy (non-hydrogen) atoms. The van der Waals surface area contributed by atoms with E-state index in [2.05, 4.69) is 0 Å². The minimum atomic E-state index is -3.98. The summed E-state index contributed by atoms with van der Waals surface area (Å²) in [5.41, 5.74) is 0.821. The van der Waals surface area contributed by atoms with E-state index in [-0.39, 0.29) is 28.4 Å². The van der Waals surface area contributed by atoms with Crippen LogP contribution in [0.5, 0.6) is 11.5 Å². The molecule has 1 fully saturated rings. The van der Waals surface area contributed by atoms with Crippen LogP contribution in [0.15, 0.2) is 76.2 Å². The number of nitrogens with zero attached hydrogens (tertiary/aromatic N) is 1. The van der Waals surface area contributed by atoms with Gasteiger partial charge in [-0.3, -0.25) is 4.79 Å². The Morgan fingerprint density at radius 3 is 2.39 bits per heavy atom. The van der Waals surface area contributed by atoms with Crippen molar-refractivity contribution in [2.24, 2.45) is 0 Å². The highest BCUT2D eigenvalue weighted by molar-refractivity contribution is 7.87. The van der Waals surface area contributed by atoms with Gasteiger partial charge in [0.1, 0.15) is 16.4 Å². The van der Waals surface area contributed by atoms with Crippen LogP contribution in [0.4, 0.5) is 0 Å². The molecule has 4 rings (SSSR count). The SMILES string of the molecule is COc1ccc(S(=O)(=O)Oc2ccc(CN(CC3CCCO3)C(=O)c3ccco3)cc2)cc1. The fourth-order valence-electron chi connectivity index (χ4n) is 3.60. The second kappa shape index (κ2) is 10.1. The van der Waals surface area contributed by atoms with Gasteiger partial charge in [-0.15, -0.1) is 0 Å². The van der Waals surface area contributed by atoms with Crippen molar-refractivity contribution in [3.63, 3.8) is 0 Å². The molecule has 174 valence electrons. The van der Waals surface area contributed by atoms with Crippen molar-refractivity contribution in [1.29, 1.82) is 0 Å². The summed E-state index contributed by atoms with van der Waals surface area (Å²) >= 11 is 0. The number of carbonyl (C=O) groups is 1. The van der Waals surface area contributed by atoms with Gasteiger partial charge in [0.25, 0.3) is 5.91 Å². The lowest BCUT2D eigenvalue weighted by Crippen LogP contribution is -2.36. The average molecular weight is 472 g/mol. The van der Waals surface area contributed by atoms with E-state index in [0.717, 1.165) is 18.4 Å². The fraction of sp³-hybridized carbons (Fsp3) is 0.292. The third kappa shape index (κ3) is 5.74. The van der Waals surface area contributed by atoms with E-state index in [1.54, 1.807) is 53.4 Å². The first kappa shape index (κ1) is 22.9. The Hall–Kier alpha value is -3.30. The Balaban J connectivity index is 1.45.